The molecule has 3 aromatic carbocycles. The standard InChI is InChI=1S/C23H29.C13H21.C6H5.CH3.CH2.2ClH.Zr/c1-14-9-16-11-17-10-15(2)21(23(6,7)8)13-19(17)18(16)12-20(14)22(3,4)5;1-5-6-7-11-8-9-12(10-11)13(2,3)4;1-2-4-6-5-3-1;;;;;/h9,12-13H,11H2,1-8H3;9-11H,5-7H2,1-4H3;1-5H;1H3;1H2;2*1H;/q4*-1;;;;. The van der Waals surface area contributed by atoms with Crippen molar-refractivity contribution in [2.24, 2.45) is 11.3 Å². The third-order valence-electron chi connectivity index (χ3n) is 8.26. The number of hydrogen-bond acceptors (Lipinski definition) is 0. The molecule has 0 amide bonds. The van der Waals surface area contributed by atoms with Crippen molar-refractivity contribution in [3.8, 4) is 11.1 Å². The molecule has 0 spiro atoms. The first-order valence-electron chi connectivity index (χ1n) is 16.3. The largest absolute Gasteiger partial charge is 0.358 e. The summed E-state index contributed by atoms with van der Waals surface area (Å²) in [5.41, 5.74) is 13.4. The van der Waals surface area contributed by atoms with E-state index in [9.17, 15) is 0 Å². The maximum Gasteiger partial charge on any atom is -0.171 e. The Morgan fingerprint density at radius 2 is 1.34 bits per heavy atom. The molecular weight excluding hydrogens is 691 g/mol. The predicted molar refractivity (Wildman–Crippen MR) is 212 cm³/mol. The Kier molecular flexibility index (Phi) is 21.1. The monoisotopic (exact) mass is 750 g/mol. The Labute approximate surface area is 318 Å². The maximum atomic E-state index is 3.69. The summed E-state index contributed by atoms with van der Waals surface area (Å²) in [7, 11) is 0. The molecule has 2 aliphatic rings. The number of rotatable bonds is 3. The minimum absolute atomic E-state index is 0. The zero-order valence-corrected chi connectivity index (χ0v) is 35.8. The van der Waals surface area contributed by atoms with Crippen LogP contribution in [-0.2, 0) is 41.5 Å². The molecule has 3 aromatic rings. The van der Waals surface area contributed by atoms with Crippen LogP contribution in [0.3, 0.4) is 0 Å². The van der Waals surface area contributed by atoms with E-state index in [1.54, 1.807) is 0 Å². The SMILES string of the molecule is CCCCC1[C-]=CC(C(C)(C)C)=C1.Cc1[c-]c2c(cc1C(C)(C)C)-c1cc(C(C)(C)C)c(C)cc1C2.Cl.Cl.[CH2]=[Zr].[CH3-].[c-]1ccccc1. The smallest absolute Gasteiger partial charge is 0.171 e. The minimum atomic E-state index is 0. The second-order valence-electron chi connectivity index (χ2n) is 15.2. The normalized spacial score (nSPS) is 14.0. The van der Waals surface area contributed by atoms with Crippen LogP contribution in [0, 0.1) is 50.8 Å². The Morgan fingerprint density at radius 3 is 1.77 bits per heavy atom. The molecule has 0 aromatic heterocycles. The Hall–Kier alpha value is -1.53. The zero-order valence-electron chi connectivity index (χ0n) is 31.7. The zero-order chi connectivity index (χ0) is 33.3. The quantitative estimate of drug-likeness (QED) is 0.183. The van der Waals surface area contributed by atoms with Gasteiger partial charge < -0.3 is 7.43 Å². The summed E-state index contributed by atoms with van der Waals surface area (Å²) in [6.45, 7) is 27.3. The Morgan fingerprint density at radius 1 is 0.787 bits per heavy atom. The molecule has 260 valence electrons. The van der Waals surface area contributed by atoms with E-state index in [2.05, 4.69) is 136 Å². The number of allylic oxidation sites excluding steroid dienone is 4. The van der Waals surface area contributed by atoms with E-state index in [0.29, 0.717) is 11.3 Å². The van der Waals surface area contributed by atoms with Crippen LogP contribution in [0.4, 0.5) is 0 Å². The van der Waals surface area contributed by atoms with Gasteiger partial charge in [-0.05, 0) is 35.4 Å². The van der Waals surface area contributed by atoms with E-state index < -0.39 is 0 Å². The van der Waals surface area contributed by atoms with E-state index >= 15 is 0 Å². The topological polar surface area (TPSA) is 0 Å². The summed E-state index contributed by atoms with van der Waals surface area (Å²) in [5.74, 6) is 0.592. The number of fused-ring (bicyclic) bond motifs is 3. The van der Waals surface area contributed by atoms with Crippen LogP contribution in [0.15, 0.2) is 66.3 Å². The minimum Gasteiger partial charge on any atom is -0.358 e. The summed E-state index contributed by atoms with van der Waals surface area (Å²) in [5, 5.41) is 0. The van der Waals surface area contributed by atoms with Crippen molar-refractivity contribution < 1.29 is 24.2 Å². The molecule has 0 saturated heterocycles. The molecule has 0 aliphatic heterocycles. The van der Waals surface area contributed by atoms with Crippen molar-refractivity contribution in [1.82, 2.24) is 0 Å². The van der Waals surface area contributed by atoms with Gasteiger partial charge in [0.15, 0.2) is 0 Å². The van der Waals surface area contributed by atoms with Gasteiger partial charge in [-0.15, -0.1) is 41.5 Å². The van der Waals surface area contributed by atoms with Crippen LogP contribution < -0.4 is 0 Å². The number of aryl methyl sites for hydroxylation is 2. The summed E-state index contributed by atoms with van der Waals surface area (Å²) in [4.78, 5) is 0. The third-order valence-corrected chi connectivity index (χ3v) is 8.26. The van der Waals surface area contributed by atoms with Gasteiger partial charge in [0.05, 0.1) is 0 Å². The molecule has 3 heteroatoms. The van der Waals surface area contributed by atoms with E-state index in [-0.39, 0.29) is 43.1 Å². The number of benzene rings is 3. The van der Waals surface area contributed by atoms with E-state index in [1.165, 1.54) is 93.6 Å². The van der Waals surface area contributed by atoms with Crippen molar-refractivity contribution >= 4 is 29.0 Å². The van der Waals surface area contributed by atoms with Gasteiger partial charge in [0.25, 0.3) is 0 Å². The van der Waals surface area contributed by atoms with Crippen LogP contribution in [-0.4, -0.2) is 4.21 Å². The van der Waals surface area contributed by atoms with Gasteiger partial charge in [-0.3, -0.25) is 6.08 Å². The molecule has 47 heavy (non-hydrogen) atoms. The van der Waals surface area contributed by atoms with Gasteiger partial charge in [-0.2, -0.15) is 65.7 Å². The van der Waals surface area contributed by atoms with Crippen molar-refractivity contribution in [2.45, 2.75) is 120 Å². The van der Waals surface area contributed by atoms with Crippen molar-refractivity contribution in [3.05, 3.63) is 125 Å². The second kappa shape index (κ2) is 20.9. The fourth-order valence-electron chi connectivity index (χ4n) is 5.93. The van der Waals surface area contributed by atoms with Gasteiger partial charge in [0.2, 0.25) is 0 Å². The Balaban J connectivity index is 0. The molecule has 0 radical (unpaired) electrons. The Bertz CT molecular complexity index is 1320. The molecule has 2 aliphatic carbocycles. The molecule has 0 saturated carbocycles. The van der Waals surface area contributed by atoms with Crippen molar-refractivity contribution in [3.63, 3.8) is 0 Å². The number of unbranched alkanes of at least 4 members (excludes halogenated alkanes) is 1. The first-order valence-corrected chi connectivity index (χ1v) is 18.0. The molecule has 0 nitrogen and oxygen atoms in total. The van der Waals surface area contributed by atoms with Gasteiger partial charge in [-0.1, -0.05) is 130 Å². The third kappa shape index (κ3) is 14.1. The number of hydrogen-bond donors (Lipinski definition) is 0. The summed E-state index contributed by atoms with van der Waals surface area (Å²) in [6, 6.07) is 23.4. The van der Waals surface area contributed by atoms with Crippen LogP contribution in [0.5, 0.6) is 0 Å². The molecular formula is C44H62Cl2Zr-4. The summed E-state index contributed by atoms with van der Waals surface area (Å²) < 4.78 is 3.34. The first-order chi connectivity index (χ1) is 20.5. The molecule has 0 heterocycles. The first kappa shape index (κ1) is 47.6. The molecule has 5 rings (SSSR count). The van der Waals surface area contributed by atoms with Crippen LogP contribution in [0.2, 0.25) is 0 Å². The van der Waals surface area contributed by atoms with Crippen LogP contribution in [0.1, 0.15) is 122 Å². The second-order valence-corrected chi connectivity index (χ2v) is 15.2. The van der Waals surface area contributed by atoms with Crippen molar-refractivity contribution in [2.75, 3.05) is 0 Å². The molecule has 1 atom stereocenters. The maximum absolute atomic E-state index is 3.69. The van der Waals surface area contributed by atoms with E-state index in [1.807, 2.05) is 30.3 Å². The fourth-order valence-corrected chi connectivity index (χ4v) is 5.93. The molecule has 0 bridgehead atoms. The summed E-state index contributed by atoms with van der Waals surface area (Å²) >= 11 is 1.30. The van der Waals surface area contributed by atoms with Crippen molar-refractivity contribution in [1.29, 1.82) is 0 Å². The van der Waals surface area contributed by atoms with E-state index in [4.69, 9.17) is 0 Å². The average Bonchev–Trinajstić information content (AvgIpc) is 3.57. The number of halogens is 2. The van der Waals surface area contributed by atoms with Crippen LogP contribution in [0.25, 0.3) is 11.1 Å². The predicted octanol–water partition coefficient (Wildman–Crippen LogP) is 13.2. The molecule has 1 unspecified atom stereocenters. The van der Waals surface area contributed by atoms with Gasteiger partial charge in [0.1, 0.15) is 0 Å². The van der Waals surface area contributed by atoms with E-state index in [0.717, 1.165) is 6.42 Å². The van der Waals surface area contributed by atoms with Gasteiger partial charge in [-0.25, -0.2) is 6.08 Å². The molecule has 0 N–H and O–H groups in total. The molecule has 0 fully saturated rings. The fraction of sp³-hybridized carbons (Fsp3) is 0.455. The van der Waals surface area contributed by atoms with Gasteiger partial charge in [0, 0.05) is 0 Å². The summed E-state index contributed by atoms with van der Waals surface area (Å²) in [6.07, 6.45) is 12.9. The van der Waals surface area contributed by atoms with Crippen LogP contribution >= 0.6 is 24.8 Å². The van der Waals surface area contributed by atoms with Gasteiger partial charge >= 0.3 is 28.4 Å². The average molecular weight is 753 g/mol.